The molecule has 2 aliphatic rings. The molecule has 2 aliphatic heterocycles. The first-order valence-electron chi connectivity index (χ1n) is 14.6. The number of piperazine rings is 1. The van der Waals surface area contributed by atoms with E-state index in [-0.39, 0.29) is 16.8 Å². The first-order valence-corrected chi connectivity index (χ1v) is 16.8. The third-order valence-electron chi connectivity index (χ3n) is 8.57. The highest BCUT2D eigenvalue weighted by atomic mass is 35.5. The fourth-order valence-corrected chi connectivity index (χ4v) is 7.96. The summed E-state index contributed by atoms with van der Waals surface area (Å²) in [6.45, 7) is 6.62. The van der Waals surface area contributed by atoms with Gasteiger partial charge in [0.15, 0.2) is 0 Å². The number of piperidine rings is 1. The fourth-order valence-electron chi connectivity index (χ4n) is 6.12. The van der Waals surface area contributed by atoms with Crippen LogP contribution in [0.25, 0.3) is 0 Å². The number of hydrogen-bond donors (Lipinski definition) is 1. The molecule has 13 heteroatoms. The van der Waals surface area contributed by atoms with Gasteiger partial charge in [-0.2, -0.15) is 0 Å². The second-order valence-corrected chi connectivity index (χ2v) is 14.1. The van der Waals surface area contributed by atoms with Gasteiger partial charge in [0.05, 0.1) is 21.2 Å². The first-order chi connectivity index (χ1) is 21.0. The van der Waals surface area contributed by atoms with Gasteiger partial charge in [-0.05, 0) is 80.9 Å². The van der Waals surface area contributed by atoms with Crippen LogP contribution < -0.4 is 14.5 Å². The van der Waals surface area contributed by atoms with E-state index >= 15 is 0 Å². The maximum Gasteiger partial charge on any atom is 0.264 e. The third-order valence-corrected chi connectivity index (χ3v) is 11.0. The van der Waals surface area contributed by atoms with Crippen molar-refractivity contribution in [1.29, 1.82) is 0 Å². The first kappa shape index (κ1) is 32.4. The van der Waals surface area contributed by atoms with Crippen molar-refractivity contribution in [3.05, 3.63) is 81.7 Å². The molecule has 1 amide bonds. The fraction of sp³-hybridized carbons (Fsp3) is 0.419. The molecule has 1 atom stereocenters. The Morgan fingerprint density at radius 1 is 1.07 bits per heavy atom. The quantitative estimate of drug-likeness (QED) is 0.368. The van der Waals surface area contributed by atoms with E-state index in [9.17, 15) is 17.6 Å². The lowest BCUT2D eigenvalue weighted by Crippen LogP contribution is -2.57. The lowest BCUT2D eigenvalue weighted by Gasteiger charge is -2.47. The standard InChI is InChI=1S/C31H37Cl2FN6O3S/c1-21-19-39(30-28(33)16-23(18-36-30)31(41)35-2)14-15-40(21)27-10-12-38(13-11-27)20-22-4-7-25(34)17-29(22)44(42,43)37(3)26-8-5-24(32)6-9-26/h4-9,16-18,21,27H,10-15,19-20H2,1-3H3,(H,35,41)/t21-/m0/s1. The van der Waals surface area contributed by atoms with E-state index in [0.29, 0.717) is 45.3 Å². The number of rotatable bonds is 8. The Kier molecular flexibility index (Phi) is 10.0. The van der Waals surface area contributed by atoms with Gasteiger partial charge in [-0.1, -0.05) is 29.3 Å². The van der Waals surface area contributed by atoms with Crippen molar-refractivity contribution in [2.24, 2.45) is 0 Å². The van der Waals surface area contributed by atoms with Crippen molar-refractivity contribution in [3.8, 4) is 0 Å². The second-order valence-electron chi connectivity index (χ2n) is 11.3. The summed E-state index contributed by atoms with van der Waals surface area (Å²) in [5.41, 5.74) is 1.44. The SMILES string of the molecule is CNC(=O)c1cnc(N2CCN(C3CCN(Cc4ccc(F)cc4S(=O)(=O)N(C)c4ccc(Cl)cc4)CC3)[C@@H](C)C2)c(Cl)c1. The van der Waals surface area contributed by atoms with Crippen LogP contribution in [0, 0.1) is 5.82 Å². The highest BCUT2D eigenvalue weighted by Gasteiger charge is 2.33. The molecule has 236 valence electrons. The zero-order chi connectivity index (χ0) is 31.6. The average Bonchev–Trinajstić information content (AvgIpc) is 3.02. The van der Waals surface area contributed by atoms with Gasteiger partial charge in [-0.25, -0.2) is 17.8 Å². The number of likely N-dealkylation sites (tertiary alicyclic amines) is 1. The Morgan fingerprint density at radius 2 is 1.77 bits per heavy atom. The van der Waals surface area contributed by atoms with Crippen LogP contribution in [0.15, 0.2) is 59.6 Å². The Labute approximate surface area is 268 Å². The summed E-state index contributed by atoms with van der Waals surface area (Å²) >= 11 is 12.5. The molecule has 2 fully saturated rings. The number of halogens is 3. The predicted molar refractivity (Wildman–Crippen MR) is 173 cm³/mol. The van der Waals surface area contributed by atoms with Crippen LogP contribution in [0.5, 0.6) is 0 Å². The molecule has 0 unspecified atom stereocenters. The summed E-state index contributed by atoms with van der Waals surface area (Å²) in [5, 5.41) is 3.55. The molecule has 44 heavy (non-hydrogen) atoms. The molecule has 1 aromatic heterocycles. The molecule has 2 aromatic carbocycles. The van der Waals surface area contributed by atoms with E-state index < -0.39 is 15.8 Å². The molecule has 0 spiro atoms. The van der Waals surface area contributed by atoms with Crippen molar-refractivity contribution in [3.63, 3.8) is 0 Å². The van der Waals surface area contributed by atoms with Gasteiger partial charge in [0.2, 0.25) is 0 Å². The van der Waals surface area contributed by atoms with E-state index in [1.807, 2.05) is 0 Å². The lowest BCUT2D eigenvalue weighted by molar-refractivity contribution is 0.0687. The number of amides is 1. The zero-order valence-electron chi connectivity index (χ0n) is 25.0. The van der Waals surface area contributed by atoms with Crippen LogP contribution in [0.4, 0.5) is 15.9 Å². The molecule has 0 saturated carbocycles. The number of sulfonamides is 1. The van der Waals surface area contributed by atoms with Crippen molar-refractivity contribution < 1.29 is 17.6 Å². The normalized spacial score (nSPS) is 18.8. The van der Waals surface area contributed by atoms with Crippen LogP contribution in [-0.4, -0.2) is 88.0 Å². The van der Waals surface area contributed by atoms with Gasteiger partial charge in [0.1, 0.15) is 11.6 Å². The number of carbonyl (C=O) groups excluding carboxylic acids is 1. The van der Waals surface area contributed by atoms with Gasteiger partial charge < -0.3 is 10.2 Å². The molecule has 3 heterocycles. The second kappa shape index (κ2) is 13.6. The van der Waals surface area contributed by atoms with Gasteiger partial charge in [-0.15, -0.1) is 0 Å². The van der Waals surface area contributed by atoms with Gasteiger partial charge in [0, 0.05) is 63.6 Å². The van der Waals surface area contributed by atoms with Crippen molar-refractivity contribution in [1.82, 2.24) is 20.1 Å². The van der Waals surface area contributed by atoms with Crippen molar-refractivity contribution in [2.75, 3.05) is 56.0 Å². The number of carbonyl (C=O) groups is 1. The van der Waals surface area contributed by atoms with Crippen LogP contribution in [-0.2, 0) is 16.6 Å². The Hall–Kier alpha value is -2.96. The zero-order valence-corrected chi connectivity index (χ0v) is 27.3. The highest BCUT2D eigenvalue weighted by Crippen LogP contribution is 2.31. The van der Waals surface area contributed by atoms with Crippen LogP contribution in [0.1, 0.15) is 35.7 Å². The average molecular weight is 664 g/mol. The van der Waals surface area contributed by atoms with E-state index in [1.165, 1.54) is 13.1 Å². The predicted octanol–water partition coefficient (Wildman–Crippen LogP) is 4.89. The summed E-state index contributed by atoms with van der Waals surface area (Å²) in [6, 6.07) is 12.8. The molecule has 0 aliphatic carbocycles. The highest BCUT2D eigenvalue weighted by molar-refractivity contribution is 7.92. The maximum atomic E-state index is 14.3. The molecule has 9 nitrogen and oxygen atoms in total. The summed E-state index contributed by atoms with van der Waals surface area (Å²) < 4.78 is 42.7. The van der Waals surface area contributed by atoms with Crippen LogP contribution >= 0.6 is 23.2 Å². The largest absolute Gasteiger partial charge is 0.355 e. The van der Waals surface area contributed by atoms with Crippen molar-refractivity contribution >= 4 is 50.6 Å². The number of nitrogens with one attached hydrogen (secondary N) is 1. The molecule has 0 bridgehead atoms. The van der Waals surface area contributed by atoms with E-state index in [4.69, 9.17) is 23.2 Å². The van der Waals surface area contributed by atoms with Gasteiger partial charge in [0.25, 0.3) is 15.9 Å². The summed E-state index contributed by atoms with van der Waals surface area (Å²) in [7, 11) is -0.973. The molecule has 2 saturated heterocycles. The summed E-state index contributed by atoms with van der Waals surface area (Å²) in [5.74, 6) is -0.131. The van der Waals surface area contributed by atoms with Crippen molar-refractivity contribution in [2.45, 2.75) is 43.3 Å². The van der Waals surface area contributed by atoms with Crippen LogP contribution in [0.2, 0.25) is 10.0 Å². The number of pyridine rings is 1. The van der Waals surface area contributed by atoms with Gasteiger partial charge in [-0.3, -0.25) is 18.9 Å². The molecule has 1 N–H and O–H groups in total. The summed E-state index contributed by atoms with van der Waals surface area (Å²) in [6.07, 6.45) is 3.44. The number of anilines is 2. The van der Waals surface area contributed by atoms with E-state index in [0.717, 1.165) is 55.9 Å². The number of nitrogens with zero attached hydrogens (tertiary/aromatic N) is 5. The molecule has 3 aromatic rings. The minimum atomic E-state index is -4.01. The van der Waals surface area contributed by atoms with E-state index in [1.54, 1.807) is 49.6 Å². The third kappa shape index (κ3) is 6.97. The minimum absolute atomic E-state index is 0.0301. The minimum Gasteiger partial charge on any atom is -0.355 e. The molecule has 0 radical (unpaired) electrons. The van der Waals surface area contributed by atoms with Crippen LogP contribution in [0.3, 0.4) is 0 Å². The monoisotopic (exact) mass is 662 g/mol. The molecular weight excluding hydrogens is 626 g/mol. The molecular formula is C31H37Cl2FN6O3S. The number of aromatic nitrogens is 1. The van der Waals surface area contributed by atoms with Gasteiger partial charge >= 0.3 is 0 Å². The Bertz CT molecular complexity index is 1600. The molecule has 5 rings (SSSR count). The summed E-state index contributed by atoms with van der Waals surface area (Å²) in [4.78, 5) is 23.3. The number of hydrogen-bond acceptors (Lipinski definition) is 7. The Morgan fingerprint density at radius 3 is 2.41 bits per heavy atom. The maximum absolute atomic E-state index is 14.3. The smallest absolute Gasteiger partial charge is 0.264 e. The Balaban J connectivity index is 1.21. The lowest BCUT2D eigenvalue weighted by atomic mass is 9.99. The number of benzene rings is 2. The topological polar surface area (TPSA) is 89.1 Å². The van der Waals surface area contributed by atoms with E-state index in [2.05, 4.69) is 31.9 Å².